The third kappa shape index (κ3) is 3.49. The fraction of sp³-hybridized carbons (Fsp3) is 0.588. The summed E-state index contributed by atoms with van der Waals surface area (Å²) in [4.78, 5) is 14.6. The average molecular weight is 352 g/mol. The summed E-state index contributed by atoms with van der Waals surface area (Å²) < 4.78 is 6.74. The predicted octanol–water partition coefficient (Wildman–Crippen LogP) is 3.58. The van der Waals surface area contributed by atoms with Crippen LogP contribution in [0.25, 0.3) is 0 Å². The molecule has 1 saturated carbocycles. The number of benzene rings is 1. The van der Waals surface area contributed by atoms with Crippen LogP contribution in [-0.2, 0) is 9.53 Å². The van der Waals surface area contributed by atoms with Crippen LogP contribution < -0.4 is 0 Å². The number of rotatable bonds is 4. The minimum absolute atomic E-state index is 0.204. The van der Waals surface area contributed by atoms with Crippen LogP contribution in [0.1, 0.15) is 37.7 Å². The third-order valence-electron chi connectivity index (χ3n) is 4.56. The van der Waals surface area contributed by atoms with Crippen molar-refractivity contribution in [2.24, 2.45) is 5.92 Å². The van der Waals surface area contributed by atoms with E-state index in [4.69, 9.17) is 4.74 Å². The molecule has 1 aromatic carbocycles. The van der Waals surface area contributed by atoms with Gasteiger partial charge in [0, 0.05) is 30.1 Å². The van der Waals surface area contributed by atoms with Crippen molar-refractivity contribution in [2.75, 3.05) is 19.7 Å². The van der Waals surface area contributed by atoms with E-state index >= 15 is 0 Å². The fourth-order valence-corrected chi connectivity index (χ4v) is 3.52. The monoisotopic (exact) mass is 351 g/mol. The number of nitrogens with zero attached hydrogens (tertiary/aromatic N) is 1. The van der Waals surface area contributed by atoms with Gasteiger partial charge in [-0.15, -0.1) is 0 Å². The van der Waals surface area contributed by atoms with E-state index in [1.165, 1.54) is 5.56 Å². The lowest BCUT2D eigenvalue weighted by atomic mass is 10.1. The number of ether oxygens (including phenoxy) is 1. The molecule has 0 N–H and O–H groups in total. The molecule has 3 rings (SSSR count). The zero-order chi connectivity index (χ0) is 14.8. The molecule has 1 aliphatic carbocycles. The molecule has 0 bridgehead atoms. The van der Waals surface area contributed by atoms with Gasteiger partial charge in [0.25, 0.3) is 0 Å². The van der Waals surface area contributed by atoms with Gasteiger partial charge in [-0.3, -0.25) is 4.79 Å². The summed E-state index contributed by atoms with van der Waals surface area (Å²) in [7, 11) is 0. The predicted molar refractivity (Wildman–Crippen MR) is 86.2 cm³/mol. The summed E-state index contributed by atoms with van der Waals surface area (Å²) in [6.07, 6.45) is 3.32. The maximum atomic E-state index is 12.6. The van der Waals surface area contributed by atoms with Gasteiger partial charge in [-0.05, 0) is 49.8 Å². The summed E-state index contributed by atoms with van der Waals surface area (Å²) in [6.45, 7) is 4.51. The Morgan fingerprint density at radius 1 is 1.29 bits per heavy atom. The normalized spacial score (nSPS) is 25.9. The number of halogens is 1. The molecule has 3 nitrogen and oxygen atoms in total. The van der Waals surface area contributed by atoms with Crippen molar-refractivity contribution >= 4 is 21.8 Å². The zero-order valence-corrected chi connectivity index (χ0v) is 14.0. The van der Waals surface area contributed by atoms with Crippen LogP contribution in [0.15, 0.2) is 28.7 Å². The van der Waals surface area contributed by atoms with E-state index in [9.17, 15) is 4.79 Å². The largest absolute Gasteiger partial charge is 0.378 e. The van der Waals surface area contributed by atoms with E-state index in [-0.39, 0.29) is 5.92 Å². The van der Waals surface area contributed by atoms with E-state index in [1.807, 2.05) is 11.8 Å². The Morgan fingerprint density at radius 2 is 1.95 bits per heavy atom. The highest BCUT2D eigenvalue weighted by molar-refractivity contribution is 9.10. The number of carbonyl (C=O) groups is 1. The molecule has 0 aromatic heterocycles. The SMILES string of the molecule is CCOC1CCN(C(=O)[C@H]2C[C@H]2c2ccc(Br)cc2)CC1. The molecule has 1 saturated heterocycles. The summed E-state index contributed by atoms with van der Waals surface area (Å²) in [5, 5.41) is 0. The van der Waals surface area contributed by atoms with Gasteiger partial charge in [0.05, 0.1) is 6.10 Å². The second-order valence-corrected chi connectivity index (χ2v) is 6.90. The minimum Gasteiger partial charge on any atom is -0.378 e. The molecular formula is C17H22BrNO2. The number of hydrogen-bond acceptors (Lipinski definition) is 2. The Balaban J connectivity index is 1.52. The van der Waals surface area contributed by atoms with E-state index in [0.717, 1.165) is 43.4 Å². The molecular weight excluding hydrogens is 330 g/mol. The van der Waals surface area contributed by atoms with Crippen LogP contribution in [0, 0.1) is 5.92 Å². The van der Waals surface area contributed by atoms with Crippen molar-refractivity contribution in [3.05, 3.63) is 34.3 Å². The van der Waals surface area contributed by atoms with E-state index in [2.05, 4.69) is 40.2 Å². The Morgan fingerprint density at radius 3 is 2.57 bits per heavy atom. The topological polar surface area (TPSA) is 29.5 Å². The first kappa shape index (κ1) is 15.0. The van der Waals surface area contributed by atoms with Crippen molar-refractivity contribution in [1.82, 2.24) is 4.90 Å². The first-order valence-electron chi connectivity index (χ1n) is 7.85. The second-order valence-electron chi connectivity index (χ2n) is 5.98. The molecule has 0 radical (unpaired) electrons. The molecule has 1 aromatic rings. The summed E-state index contributed by atoms with van der Waals surface area (Å²) in [5.41, 5.74) is 1.29. The first-order chi connectivity index (χ1) is 10.2. The Bertz CT molecular complexity index is 494. The Hall–Kier alpha value is -0.870. The summed E-state index contributed by atoms with van der Waals surface area (Å²) >= 11 is 3.45. The second kappa shape index (κ2) is 6.49. The lowest BCUT2D eigenvalue weighted by molar-refractivity contribution is -0.135. The molecule has 0 spiro atoms. The van der Waals surface area contributed by atoms with Gasteiger partial charge in [-0.25, -0.2) is 0 Å². The maximum absolute atomic E-state index is 12.6. The van der Waals surface area contributed by atoms with Crippen molar-refractivity contribution in [3.63, 3.8) is 0 Å². The molecule has 1 amide bonds. The average Bonchev–Trinajstić information content (AvgIpc) is 3.29. The third-order valence-corrected chi connectivity index (χ3v) is 5.09. The number of amides is 1. The van der Waals surface area contributed by atoms with Crippen molar-refractivity contribution < 1.29 is 9.53 Å². The molecule has 1 heterocycles. The van der Waals surface area contributed by atoms with Crippen molar-refractivity contribution in [2.45, 2.75) is 38.2 Å². The molecule has 2 atom stereocenters. The molecule has 114 valence electrons. The van der Waals surface area contributed by atoms with Crippen molar-refractivity contribution in [3.8, 4) is 0 Å². The lowest BCUT2D eigenvalue weighted by Crippen LogP contribution is -2.41. The van der Waals surface area contributed by atoms with E-state index < -0.39 is 0 Å². The number of carbonyl (C=O) groups excluding carboxylic acids is 1. The molecule has 21 heavy (non-hydrogen) atoms. The molecule has 4 heteroatoms. The highest BCUT2D eigenvalue weighted by Crippen LogP contribution is 2.48. The van der Waals surface area contributed by atoms with Crippen LogP contribution in [0.3, 0.4) is 0 Å². The Kier molecular flexibility index (Phi) is 4.65. The van der Waals surface area contributed by atoms with Gasteiger partial charge < -0.3 is 9.64 Å². The quantitative estimate of drug-likeness (QED) is 0.829. The van der Waals surface area contributed by atoms with Crippen LogP contribution in [-0.4, -0.2) is 36.6 Å². The zero-order valence-electron chi connectivity index (χ0n) is 12.4. The van der Waals surface area contributed by atoms with Gasteiger partial charge in [-0.2, -0.15) is 0 Å². The van der Waals surface area contributed by atoms with Crippen LogP contribution in [0.2, 0.25) is 0 Å². The highest BCUT2D eigenvalue weighted by Gasteiger charge is 2.46. The van der Waals surface area contributed by atoms with Crippen molar-refractivity contribution in [1.29, 1.82) is 0 Å². The van der Waals surface area contributed by atoms with E-state index in [0.29, 0.717) is 17.9 Å². The minimum atomic E-state index is 0.204. The summed E-state index contributed by atoms with van der Waals surface area (Å²) in [5.74, 6) is 0.975. The smallest absolute Gasteiger partial charge is 0.226 e. The summed E-state index contributed by atoms with van der Waals surface area (Å²) in [6, 6.07) is 8.37. The van der Waals surface area contributed by atoms with Crippen LogP contribution in [0.4, 0.5) is 0 Å². The van der Waals surface area contributed by atoms with Crippen LogP contribution >= 0.6 is 15.9 Å². The van der Waals surface area contributed by atoms with Gasteiger partial charge in [-0.1, -0.05) is 28.1 Å². The van der Waals surface area contributed by atoms with Gasteiger partial charge in [0.15, 0.2) is 0 Å². The number of hydrogen-bond donors (Lipinski definition) is 0. The molecule has 0 unspecified atom stereocenters. The fourth-order valence-electron chi connectivity index (χ4n) is 3.26. The highest BCUT2D eigenvalue weighted by atomic mass is 79.9. The number of likely N-dealkylation sites (tertiary alicyclic amines) is 1. The molecule has 2 aliphatic rings. The van der Waals surface area contributed by atoms with Gasteiger partial charge in [0.1, 0.15) is 0 Å². The number of piperidine rings is 1. The van der Waals surface area contributed by atoms with Gasteiger partial charge >= 0.3 is 0 Å². The standard InChI is InChI=1S/C17H22BrNO2/c1-2-21-14-7-9-19(10-8-14)17(20)16-11-15(16)12-3-5-13(18)6-4-12/h3-6,14-16H,2,7-11H2,1H3/t15-,16-/m0/s1. The Labute approximate surface area is 134 Å². The maximum Gasteiger partial charge on any atom is 0.226 e. The first-order valence-corrected chi connectivity index (χ1v) is 8.64. The molecule has 1 aliphatic heterocycles. The molecule has 2 fully saturated rings. The lowest BCUT2D eigenvalue weighted by Gasteiger charge is -2.32. The van der Waals surface area contributed by atoms with Gasteiger partial charge in [0.2, 0.25) is 5.91 Å². The van der Waals surface area contributed by atoms with E-state index in [1.54, 1.807) is 0 Å². The van der Waals surface area contributed by atoms with Crippen LogP contribution in [0.5, 0.6) is 0 Å².